The van der Waals surface area contributed by atoms with Crippen molar-refractivity contribution in [2.75, 3.05) is 20.1 Å². The summed E-state index contributed by atoms with van der Waals surface area (Å²) in [7, 11) is 1.79. The monoisotopic (exact) mass is 497 g/mol. The van der Waals surface area contributed by atoms with E-state index in [4.69, 9.17) is 0 Å². The van der Waals surface area contributed by atoms with Crippen LogP contribution in [0.4, 0.5) is 4.39 Å². The van der Waals surface area contributed by atoms with Gasteiger partial charge >= 0.3 is 5.97 Å². The summed E-state index contributed by atoms with van der Waals surface area (Å²) in [6.07, 6.45) is 3.72. The maximum atomic E-state index is 14.4. The summed E-state index contributed by atoms with van der Waals surface area (Å²) in [5, 5.41) is 13.5. The summed E-state index contributed by atoms with van der Waals surface area (Å²) in [6, 6.07) is 17.2. The molecule has 188 valence electrons. The van der Waals surface area contributed by atoms with Gasteiger partial charge in [0.15, 0.2) is 0 Å². The standard InChI is InChI=1S/C30H28FN3O3/c1-18-11-22(14-23(31)12-18)26-16-33-27-9-8-20(19-5-3-6-21(13-19)30(36)37)15-25(27)28(26)29(35)34(2)17-24-7-4-10-32-24/h3,5-6,8-9,11-16,24,32H,4,7,10,17H2,1-2H3,(H,36,37)/t24-/m0/s1. The molecule has 37 heavy (non-hydrogen) atoms. The molecule has 1 aromatic heterocycles. The van der Waals surface area contributed by atoms with Gasteiger partial charge in [0.2, 0.25) is 0 Å². The molecule has 0 saturated carbocycles. The Bertz CT molecular complexity index is 1490. The highest BCUT2D eigenvalue weighted by atomic mass is 19.1. The van der Waals surface area contributed by atoms with Crippen molar-refractivity contribution in [3.05, 3.63) is 89.4 Å². The van der Waals surface area contributed by atoms with Gasteiger partial charge < -0.3 is 15.3 Å². The van der Waals surface area contributed by atoms with E-state index >= 15 is 0 Å². The molecule has 1 amide bonds. The van der Waals surface area contributed by atoms with Gasteiger partial charge in [0.05, 0.1) is 16.6 Å². The molecule has 7 heteroatoms. The fraction of sp³-hybridized carbons (Fsp3) is 0.233. The number of halogens is 1. The molecule has 0 spiro atoms. The largest absolute Gasteiger partial charge is 0.478 e. The van der Waals surface area contributed by atoms with E-state index in [9.17, 15) is 19.1 Å². The quantitative estimate of drug-likeness (QED) is 0.366. The Morgan fingerprint density at radius 2 is 1.89 bits per heavy atom. The number of benzene rings is 3. The number of carbonyl (C=O) groups is 2. The summed E-state index contributed by atoms with van der Waals surface area (Å²) < 4.78 is 14.4. The number of likely N-dealkylation sites (N-methyl/N-ethyl adjacent to an activating group) is 1. The predicted octanol–water partition coefficient (Wildman–Crippen LogP) is 5.54. The van der Waals surface area contributed by atoms with Gasteiger partial charge in [-0.3, -0.25) is 9.78 Å². The van der Waals surface area contributed by atoms with Crippen LogP contribution < -0.4 is 5.32 Å². The van der Waals surface area contributed by atoms with Crippen molar-refractivity contribution >= 4 is 22.8 Å². The Hall–Kier alpha value is -4.10. The Kier molecular flexibility index (Phi) is 6.72. The fourth-order valence-corrected chi connectivity index (χ4v) is 5.06. The highest BCUT2D eigenvalue weighted by Gasteiger charge is 2.25. The highest BCUT2D eigenvalue weighted by molar-refractivity contribution is 6.12. The van der Waals surface area contributed by atoms with Crippen molar-refractivity contribution in [2.24, 2.45) is 0 Å². The molecule has 5 rings (SSSR count). The number of nitrogens with zero attached hydrogens (tertiary/aromatic N) is 2. The van der Waals surface area contributed by atoms with E-state index in [1.54, 1.807) is 36.3 Å². The Labute approximate surface area is 214 Å². The third kappa shape index (κ3) is 5.08. The zero-order valence-corrected chi connectivity index (χ0v) is 20.8. The Morgan fingerprint density at radius 3 is 2.62 bits per heavy atom. The molecule has 0 aliphatic carbocycles. The van der Waals surface area contributed by atoms with Crippen LogP contribution in [0.1, 0.15) is 39.1 Å². The number of fused-ring (bicyclic) bond motifs is 1. The lowest BCUT2D eigenvalue weighted by atomic mass is 9.93. The zero-order valence-electron chi connectivity index (χ0n) is 20.8. The maximum Gasteiger partial charge on any atom is 0.335 e. The minimum absolute atomic E-state index is 0.172. The summed E-state index contributed by atoms with van der Waals surface area (Å²) in [4.78, 5) is 31.8. The van der Waals surface area contributed by atoms with Gasteiger partial charge in [-0.2, -0.15) is 0 Å². The maximum absolute atomic E-state index is 14.4. The molecular weight excluding hydrogens is 469 g/mol. The Morgan fingerprint density at radius 1 is 1.08 bits per heavy atom. The van der Waals surface area contributed by atoms with E-state index in [0.717, 1.165) is 36.1 Å². The fourth-order valence-electron chi connectivity index (χ4n) is 5.06. The second kappa shape index (κ2) is 10.1. The van der Waals surface area contributed by atoms with E-state index in [2.05, 4.69) is 10.3 Å². The normalized spacial score (nSPS) is 15.2. The molecule has 6 nitrogen and oxygen atoms in total. The van der Waals surface area contributed by atoms with Gasteiger partial charge in [-0.1, -0.05) is 24.3 Å². The number of carboxylic acids is 1. The van der Waals surface area contributed by atoms with Gasteiger partial charge in [-0.05, 0) is 85.0 Å². The number of carboxylic acid groups (broad SMARTS) is 1. The summed E-state index contributed by atoms with van der Waals surface area (Å²) in [5.74, 6) is -1.56. The number of rotatable bonds is 6. The minimum Gasteiger partial charge on any atom is -0.478 e. The second-order valence-electron chi connectivity index (χ2n) is 9.66. The first kappa shape index (κ1) is 24.6. The molecule has 1 fully saturated rings. The third-order valence-electron chi connectivity index (χ3n) is 6.88. The molecule has 2 heterocycles. The number of carbonyl (C=O) groups excluding carboxylic acids is 1. The SMILES string of the molecule is Cc1cc(F)cc(-c2cnc3ccc(-c4cccc(C(=O)O)c4)cc3c2C(=O)N(C)C[C@@H]2CCCN2)c1. The van der Waals surface area contributed by atoms with Gasteiger partial charge in [-0.25, -0.2) is 9.18 Å². The van der Waals surface area contributed by atoms with Crippen molar-refractivity contribution in [3.8, 4) is 22.3 Å². The molecule has 2 N–H and O–H groups in total. The predicted molar refractivity (Wildman–Crippen MR) is 142 cm³/mol. The molecule has 1 atom stereocenters. The highest BCUT2D eigenvalue weighted by Crippen LogP contribution is 2.34. The second-order valence-corrected chi connectivity index (χ2v) is 9.66. The molecule has 1 aliphatic heterocycles. The number of hydrogen-bond acceptors (Lipinski definition) is 4. The third-order valence-corrected chi connectivity index (χ3v) is 6.88. The van der Waals surface area contributed by atoms with Crippen LogP contribution in [-0.4, -0.2) is 53.0 Å². The number of aromatic nitrogens is 1. The molecule has 0 bridgehead atoms. The molecule has 1 saturated heterocycles. The van der Waals surface area contributed by atoms with Crippen LogP contribution in [-0.2, 0) is 0 Å². The zero-order chi connectivity index (χ0) is 26.1. The molecular formula is C30H28FN3O3. The van der Waals surface area contributed by atoms with E-state index in [1.165, 1.54) is 12.1 Å². The molecule has 3 aromatic carbocycles. The number of aromatic carboxylic acids is 1. The minimum atomic E-state index is -1.01. The van der Waals surface area contributed by atoms with Crippen LogP contribution in [0.3, 0.4) is 0 Å². The number of hydrogen-bond donors (Lipinski definition) is 2. The Balaban J connectivity index is 1.69. The number of amides is 1. The van der Waals surface area contributed by atoms with Crippen LogP contribution >= 0.6 is 0 Å². The first-order valence-corrected chi connectivity index (χ1v) is 12.3. The van der Waals surface area contributed by atoms with Crippen molar-refractivity contribution in [1.82, 2.24) is 15.2 Å². The van der Waals surface area contributed by atoms with Crippen molar-refractivity contribution in [2.45, 2.75) is 25.8 Å². The smallest absolute Gasteiger partial charge is 0.335 e. The average Bonchev–Trinajstić information content (AvgIpc) is 3.39. The van der Waals surface area contributed by atoms with Crippen molar-refractivity contribution < 1.29 is 19.1 Å². The molecule has 4 aromatic rings. The van der Waals surface area contributed by atoms with E-state index in [-0.39, 0.29) is 23.3 Å². The number of pyridine rings is 1. The summed E-state index contributed by atoms with van der Waals surface area (Å²) >= 11 is 0. The average molecular weight is 498 g/mol. The summed E-state index contributed by atoms with van der Waals surface area (Å²) in [6.45, 7) is 3.32. The van der Waals surface area contributed by atoms with E-state index in [0.29, 0.717) is 34.1 Å². The van der Waals surface area contributed by atoms with Crippen molar-refractivity contribution in [1.29, 1.82) is 0 Å². The van der Waals surface area contributed by atoms with E-state index in [1.807, 2.05) is 37.3 Å². The van der Waals surface area contributed by atoms with Gasteiger partial charge in [0.1, 0.15) is 5.82 Å². The van der Waals surface area contributed by atoms with Crippen LogP contribution in [0.5, 0.6) is 0 Å². The number of aryl methyl sites for hydroxylation is 1. The van der Waals surface area contributed by atoms with E-state index < -0.39 is 5.97 Å². The first-order valence-electron chi connectivity index (χ1n) is 12.3. The number of nitrogens with one attached hydrogen (secondary N) is 1. The van der Waals surface area contributed by atoms with Crippen LogP contribution in [0, 0.1) is 12.7 Å². The molecule has 0 radical (unpaired) electrons. The van der Waals surface area contributed by atoms with Crippen molar-refractivity contribution in [3.63, 3.8) is 0 Å². The van der Waals surface area contributed by atoms with Gasteiger partial charge in [0, 0.05) is 36.8 Å². The lowest BCUT2D eigenvalue weighted by molar-refractivity contribution is 0.0696. The lowest BCUT2D eigenvalue weighted by Gasteiger charge is -2.24. The van der Waals surface area contributed by atoms with Crippen LogP contribution in [0.2, 0.25) is 0 Å². The van der Waals surface area contributed by atoms with Crippen LogP contribution in [0.15, 0.2) is 66.9 Å². The topological polar surface area (TPSA) is 82.5 Å². The summed E-state index contributed by atoms with van der Waals surface area (Å²) in [5.41, 5.74) is 4.63. The van der Waals surface area contributed by atoms with Gasteiger partial charge in [0.25, 0.3) is 5.91 Å². The van der Waals surface area contributed by atoms with Crippen LogP contribution in [0.25, 0.3) is 33.2 Å². The molecule has 0 unspecified atom stereocenters. The first-order chi connectivity index (χ1) is 17.8. The lowest BCUT2D eigenvalue weighted by Crippen LogP contribution is -2.38. The molecule has 1 aliphatic rings. The van der Waals surface area contributed by atoms with Gasteiger partial charge in [-0.15, -0.1) is 0 Å².